The van der Waals surface area contributed by atoms with Crippen LogP contribution in [0.3, 0.4) is 0 Å². The number of benzene rings is 1. The Balaban J connectivity index is 1.37. The summed E-state index contributed by atoms with van der Waals surface area (Å²) >= 11 is 0. The van der Waals surface area contributed by atoms with Gasteiger partial charge in [0.15, 0.2) is 0 Å². The summed E-state index contributed by atoms with van der Waals surface area (Å²) in [5.74, 6) is 2.83. The van der Waals surface area contributed by atoms with Gasteiger partial charge in [-0.15, -0.1) is 13.2 Å². The smallest absolute Gasteiger partial charge is 0.406 e. The van der Waals surface area contributed by atoms with Gasteiger partial charge < -0.3 is 4.74 Å². The molecule has 0 bridgehead atoms. The lowest BCUT2D eigenvalue weighted by Gasteiger charge is -2.27. The average molecular weight is 395 g/mol. The molecule has 0 N–H and O–H groups in total. The lowest BCUT2D eigenvalue weighted by atomic mass is 9.78. The summed E-state index contributed by atoms with van der Waals surface area (Å²) in [5.41, 5.74) is 1.13. The zero-order valence-corrected chi connectivity index (χ0v) is 16.9. The van der Waals surface area contributed by atoms with Crippen molar-refractivity contribution in [1.29, 1.82) is 0 Å². The standard InChI is InChI=1S/C24H33F3O/c1-18-6-8-19(9-7-18)4-2-3-5-20-10-12-21(13-11-20)22-14-16-23(17-15-22)28-24(25,26)27/h3,5,14-21H,2,4,6-13H2,1H3/b5-3+. The molecule has 0 spiro atoms. The van der Waals surface area contributed by atoms with E-state index in [0.29, 0.717) is 11.8 Å². The van der Waals surface area contributed by atoms with E-state index in [2.05, 4.69) is 23.8 Å². The van der Waals surface area contributed by atoms with Crippen LogP contribution in [0.4, 0.5) is 13.2 Å². The third-order valence-electron chi connectivity index (χ3n) is 6.64. The molecule has 2 saturated carbocycles. The van der Waals surface area contributed by atoms with E-state index in [-0.39, 0.29) is 5.75 Å². The van der Waals surface area contributed by atoms with Gasteiger partial charge >= 0.3 is 6.36 Å². The van der Waals surface area contributed by atoms with Crippen LogP contribution in [0.25, 0.3) is 0 Å². The highest BCUT2D eigenvalue weighted by Crippen LogP contribution is 2.37. The molecule has 0 amide bonds. The van der Waals surface area contributed by atoms with Gasteiger partial charge in [-0.25, -0.2) is 0 Å². The Kier molecular flexibility index (Phi) is 7.48. The molecule has 0 heterocycles. The first-order valence-corrected chi connectivity index (χ1v) is 10.9. The molecule has 0 atom stereocenters. The van der Waals surface area contributed by atoms with E-state index in [1.807, 2.05) is 0 Å². The molecular weight excluding hydrogens is 361 g/mol. The maximum Gasteiger partial charge on any atom is 0.573 e. The average Bonchev–Trinajstić information content (AvgIpc) is 2.67. The van der Waals surface area contributed by atoms with Crippen LogP contribution in [0, 0.1) is 17.8 Å². The van der Waals surface area contributed by atoms with Crippen LogP contribution in [0.2, 0.25) is 0 Å². The summed E-state index contributed by atoms with van der Waals surface area (Å²) in [5, 5.41) is 0. The predicted octanol–water partition coefficient (Wildman–Crippen LogP) is 8.02. The van der Waals surface area contributed by atoms with E-state index >= 15 is 0 Å². The fraction of sp³-hybridized carbons (Fsp3) is 0.667. The molecule has 2 aliphatic carbocycles. The fourth-order valence-electron chi connectivity index (χ4n) is 4.83. The van der Waals surface area contributed by atoms with E-state index in [1.54, 1.807) is 12.1 Å². The van der Waals surface area contributed by atoms with Crippen molar-refractivity contribution in [3.8, 4) is 5.75 Å². The SMILES string of the molecule is CC1CCC(CC/C=C/C2CCC(c3ccc(OC(F)(F)F)cc3)CC2)CC1. The number of allylic oxidation sites excluding steroid dienone is 2. The van der Waals surface area contributed by atoms with Crippen molar-refractivity contribution in [3.05, 3.63) is 42.0 Å². The Morgan fingerprint density at radius 3 is 2.18 bits per heavy atom. The van der Waals surface area contributed by atoms with Gasteiger partial charge in [-0.1, -0.05) is 56.9 Å². The molecule has 1 nitrogen and oxygen atoms in total. The van der Waals surface area contributed by atoms with Crippen LogP contribution in [0.1, 0.15) is 82.6 Å². The normalized spacial score (nSPS) is 29.1. The van der Waals surface area contributed by atoms with Crippen molar-refractivity contribution < 1.29 is 17.9 Å². The van der Waals surface area contributed by atoms with Crippen LogP contribution < -0.4 is 4.74 Å². The molecule has 1 aromatic rings. The summed E-state index contributed by atoms with van der Waals surface area (Å²) in [6, 6.07) is 6.43. The first-order chi connectivity index (χ1) is 13.4. The van der Waals surface area contributed by atoms with Gasteiger partial charge in [0.2, 0.25) is 0 Å². The van der Waals surface area contributed by atoms with Crippen molar-refractivity contribution in [2.24, 2.45) is 17.8 Å². The van der Waals surface area contributed by atoms with E-state index in [4.69, 9.17) is 0 Å². The number of rotatable bonds is 6. The number of ether oxygens (including phenoxy) is 1. The van der Waals surface area contributed by atoms with Crippen molar-refractivity contribution in [1.82, 2.24) is 0 Å². The van der Waals surface area contributed by atoms with Gasteiger partial charge in [0.25, 0.3) is 0 Å². The van der Waals surface area contributed by atoms with E-state index in [0.717, 1.165) is 30.2 Å². The van der Waals surface area contributed by atoms with Crippen LogP contribution >= 0.6 is 0 Å². The molecule has 0 unspecified atom stereocenters. The minimum Gasteiger partial charge on any atom is -0.406 e. The van der Waals surface area contributed by atoms with E-state index in [9.17, 15) is 13.2 Å². The van der Waals surface area contributed by atoms with Crippen LogP contribution in [-0.4, -0.2) is 6.36 Å². The minimum atomic E-state index is -4.62. The van der Waals surface area contributed by atoms with E-state index < -0.39 is 6.36 Å². The second kappa shape index (κ2) is 9.84. The summed E-state index contributed by atoms with van der Waals surface area (Å²) in [6.07, 6.45) is 12.9. The molecular formula is C24H33F3O. The van der Waals surface area contributed by atoms with Crippen molar-refractivity contribution in [2.75, 3.05) is 0 Å². The Hall–Kier alpha value is -1.45. The fourth-order valence-corrected chi connectivity index (χ4v) is 4.83. The number of hydrogen-bond donors (Lipinski definition) is 0. The number of alkyl halides is 3. The molecule has 4 heteroatoms. The summed E-state index contributed by atoms with van der Waals surface area (Å²) in [4.78, 5) is 0. The van der Waals surface area contributed by atoms with Gasteiger partial charge in [0.1, 0.15) is 5.75 Å². The van der Waals surface area contributed by atoms with Crippen molar-refractivity contribution >= 4 is 0 Å². The first kappa shape index (κ1) is 21.3. The highest BCUT2D eigenvalue weighted by atomic mass is 19.4. The molecule has 0 saturated heterocycles. The largest absolute Gasteiger partial charge is 0.573 e. The highest BCUT2D eigenvalue weighted by molar-refractivity contribution is 5.30. The zero-order chi connectivity index (χ0) is 20.0. The highest BCUT2D eigenvalue weighted by Gasteiger charge is 2.31. The van der Waals surface area contributed by atoms with E-state index in [1.165, 1.54) is 63.5 Å². The Labute approximate surface area is 167 Å². The number of hydrogen-bond acceptors (Lipinski definition) is 1. The number of halogens is 3. The third kappa shape index (κ3) is 6.86. The molecule has 1 aromatic carbocycles. The Morgan fingerprint density at radius 2 is 1.57 bits per heavy atom. The third-order valence-corrected chi connectivity index (χ3v) is 6.64. The molecule has 156 valence electrons. The molecule has 0 aliphatic heterocycles. The Bertz CT molecular complexity index is 604. The lowest BCUT2D eigenvalue weighted by Crippen LogP contribution is -2.17. The van der Waals surface area contributed by atoms with Crippen LogP contribution in [-0.2, 0) is 0 Å². The molecule has 2 aliphatic rings. The van der Waals surface area contributed by atoms with Crippen LogP contribution in [0.15, 0.2) is 36.4 Å². The summed E-state index contributed by atoms with van der Waals surface area (Å²) < 4.78 is 40.7. The lowest BCUT2D eigenvalue weighted by molar-refractivity contribution is -0.274. The molecule has 0 radical (unpaired) electrons. The summed E-state index contributed by atoms with van der Waals surface area (Å²) in [6.45, 7) is 2.37. The van der Waals surface area contributed by atoms with Crippen molar-refractivity contribution in [3.63, 3.8) is 0 Å². The molecule has 28 heavy (non-hydrogen) atoms. The second-order valence-electron chi connectivity index (χ2n) is 8.86. The minimum absolute atomic E-state index is 0.139. The van der Waals surface area contributed by atoms with Crippen LogP contribution in [0.5, 0.6) is 5.75 Å². The maximum atomic E-state index is 12.3. The predicted molar refractivity (Wildman–Crippen MR) is 107 cm³/mol. The quantitative estimate of drug-likeness (QED) is 0.444. The zero-order valence-electron chi connectivity index (χ0n) is 16.9. The monoisotopic (exact) mass is 394 g/mol. The van der Waals surface area contributed by atoms with Gasteiger partial charge in [-0.3, -0.25) is 0 Å². The van der Waals surface area contributed by atoms with Gasteiger partial charge in [0.05, 0.1) is 0 Å². The van der Waals surface area contributed by atoms with Gasteiger partial charge in [-0.2, -0.15) is 0 Å². The van der Waals surface area contributed by atoms with Gasteiger partial charge in [0, 0.05) is 0 Å². The molecule has 3 rings (SSSR count). The van der Waals surface area contributed by atoms with Crippen molar-refractivity contribution in [2.45, 2.75) is 83.4 Å². The maximum absolute atomic E-state index is 12.3. The van der Waals surface area contributed by atoms with Gasteiger partial charge in [-0.05, 0) is 79.9 Å². The topological polar surface area (TPSA) is 9.23 Å². The molecule has 0 aromatic heterocycles. The first-order valence-electron chi connectivity index (χ1n) is 10.9. The Morgan fingerprint density at radius 1 is 0.929 bits per heavy atom. The molecule has 2 fully saturated rings. The second-order valence-corrected chi connectivity index (χ2v) is 8.86. The summed E-state index contributed by atoms with van der Waals surface area (Å²) in [7, 11) is 0.